The van der Waals surface area contributed by atoms with E-state index in [0.29, 0.717) is 28.2 Å². The number of fused-ring (bicyclic) bond motifs is 6. The van der Waals surface area contributed by atoms with Gasteiger partial charge in [0.25, 0.3) is 0 Å². The summed E-state index contributed by atoms with van der Waals surface area (Å²) < 4.78 is 9.56. The van der Waals surface area contributed by atoms with E-state index >= 15 is 0 Å². The van der Waals surface area contributed by atoms with Gasteiger partial charge in [-0.3, -0.25) is 4.63 Å². The lowest BCUT2D eigenvalue weighted by atomic mass is 10.2. The molecule has 4 rings (SSSR count). The van der Waals surface area contributed by atoms with Gasteiger partial charge in [0.15, 0.2) is 26.3 Å². The van der Waals surface area contributed by atoms with Gasteiger partial charge in [-0.1, -0.05) is 6.92 Å². The fourth-order valence-corrected chi connectivity index (χ4v) is 2.14. The van der Waals surface area contributed by atoms with Gasteiger partial charge in [-0.2, -0.15) is 5.16 Å². The SMILES string of the molecule is CCc1nc2c(n1)c1c([nH]on1O)c1c2no[n+]1=O. The number of aromatic amines is 1. The lowest BCUT2D eigenvalue weighted by Crippen LogP contribution is -2.09. The summed E-state index contributed by atoms with van der Waals surface area (Å²) in [5, 5.41) is 15.8. The molecule has 19 heavy (non-hydrogen) atoms. The molecule has 2 N–H and O–H groups in total. The van der Waals surface area contributed by atoms with Crippen LogP contribution in [0.4, 0.5) is 0 Å². The van der Waals surface area contributed by atoms with Gasteiger partial charge in [0.2, 0.25) is 0 Å². The van der Waals surface area contributed by atoms with Crippen molar-refractivity contribution in [2.75, 3.05) is 0 Å². The number of aromatic nitrogens is 6. The monoisotopic (exact) mass is 263 g/mol. The summed E-state index contributed by atoms with van der Waals surface area (Å²) in [6.45, 7) is 1.90. The molecule has 0 radical (unpaired) electrons. The Hall–Kier alpha value is -2.91. The molecule has 0 aliphatic carbocycles. The average Bonchev–Trinajstić information content (AvgIpc) is 3.06. The third-order valence-electron chi connectivity index (χ3n) is 2.98. The van der Waals surface area contributed by atoms with Crippen molar-refractivity contribution < 1.29 is 19.1 Å². The Balaban J connectivity index is 2.43. The summed E-state index contributed by atoms with van der Waals surface area (Å²) in [6, 6.07) is 0. The summed E-state index contributed by atoms with van der Waals surface area (Å²) >= 11 is 0. The van der Waals surface area contributed by atoms with Crippen LogP contribution in [0, 0.1) is 4.91 Å². The molecule has 0 aliphatic rings. The quantitative estimate of drug-likeness (QED) is 0.474. The van der Waals surface area contributed by atoms with E-state index in [-0.39, 0.29) is 26.7 Å². The number of nitrogens with one attached hydrogen (secondary N) is 1. The molecule has 0 atom stereocenters. The Labute approximate surface area is 102 Å². The molecule has 0 unspecified atom stereocenters. The van der Waals surface area contributed by atoms with E-state index in [0.717, 1.165) is 0 Å². The Bertz CT molecular complexity index is 989. The Kier molecular flexibility index (Phi) is 1.64. The average molecular weight is 263 g/mol. The zero-order chi connectivity index (χ0) is 13.1. The van der Waals surface area contributed by atoms with Crippen LogP contribution in [0.25, 0.3) is 33.1 Å². The molecule has 96 valence electrons. The van der Waals surface area contributed by atoms with Crippen LogP contribution < -0.4 is 4.60 Å². The Morgan fingerprint density at radius 3 is 2.95 bits per heavy atom. The van der Waals surface area contributed by atoms with Crippen LogP contribution in [-0.4, -0.2) is 30.4 Å². The number of benzene rings is 1. The second-order valence-corrected chi connectivity index (χ2v) is 4.01. The first-order chi connectivity index (χ1) is 9.20. The maximum absolute atomic E-state index is 11.6. The summed E-state index contributed by atoms with van der Waals surface area (Å²) in [4.78, 5) is 20.7. The molecule has 0 saturated heterocycles. The van der Waals surface area contributed by atoms with Crippen LogP contribution in [-0.2, 0) is 6.42 Å². The van der Waals surface area contributed by atoms with Crippen molar-refractivity contribution in [2.45, 2.75) is 13.3 Å². The number of aryl methyl sites for hydroxylation is 1. The maximum Gasteiger partial charge on any atom is 0.309 e. The Morgan fingerprint density at radius 2 is 2.16 bits per heavy atom. The number of hydrogen-bond donors (Lipinski definition) is 2. The van der Waals surface area contributed by atoms with E-state index in [1.165, 1.54) is 0 Å². The lowest BCUT2D eigenvalue weighted by Gasteiger charge is -1.88. The Morgan fingerprint density at radius 1 is 1.37 bits per heavy atom. The fourth-order valence-electron chi connectivity index (χ4n) is 2.14. The molecule has 3 heterocycles. The van der Waals surface area contributed by atoms with Gasteiger partial charge in [0.1, 0.15) is 11.3 Å². The third-order valence-corrected chi connectivity index (χ3v) is 2.98. The summed E-state index contributed by atoms with van der Waals surface area (Å²) in [7, 11) is 0. The van der Waals surface area contributed by atoms with Crippen LogP contribution in [0.3, 0.4) is 0 Å². The van der Waals surface area contributed by atoms with E-state index in [9.17, 15) is 10.1 Å². The van der Waals surface area contributed by atoms with Crippen molar-refractivity contribution in [2.24, 2.45) is 0 Å². The molecule has 4 aromatic rings. The van der Waals surface area contributed by atoms with E-state index in [1.807, 2.05) is 6.92 Å². The second-order valence-electron chi connectivity index (χ2n) is 4.01. The molecule has 0 saturated carbocycles. The summed E-state index contributed by atoms with van der Waals surface area (Å²) in [5.41, 5.74) is 1.59. The normalized spacial score (nSPS) is 12.1. The number of nitrogens with zero attached hydrogens (tertiary/aromatic N) is 5. The van der Waals surface area contributed by atoms with Gasteiger partial charge < -0.3 is 5.21 Å². The van der Waals surface area contributed by atoms with E-state index in [2.05, 4.69) is 24.9 Å². The highest BCUT2D eigenvalue weighted by molar-refractivity contribution is 6.16. The van der Waals surface area contributed by atoms with Crippen molar-refractivity contribution in [1.82, 2.24) is 25.2 Å². The molecule has 1 aromatic carbocycles. The van der Waals surface area contributed by atoms with Crippen molar-refractivity contribution in [1.29, 1.82) is 0 Å². The molecule has 0 bridgehead atoms. The molecular weight excluding hydrogens is 256 g/mol. The van der Waals surface area contributed by atoms with Gasteiger partial charge in [-0.15, -0.1) is 0 Å². The van der Waals surface area contributed by atoms with Crippen LogP contribution in [0.15, 0.2) is 9.26 Å². The minimum atomic E-state index is 0.0987. The van der Waals surface area contributed by atoms with Gasteiger partial charge in [0, 0.05) is 6.42 Å². The largest absolute Gasteiger partial charge is 0.399 e. The van der Waals surface area contributed by atoms with Crippen LogP contribution in [0.5, 0.6) is 0 Å². The van der Waals surface area contributed by atoms with Crippen LogP contribution >= 0.6 is 0 Å². The molecule has 3 aromatic heterocycles. The number of H-pyrrole nitrogens is 1. The van der Waals surface area contributed by atoms with Crippen molar-refractivity contribution in [3.05, 3.63) is 10.7 Å². The summed E-state index contributed by atoms with van der Waals surface area (Å²) in [5.74, 6) is 0.574. The highest BCUT2D eigenvalue weighted by Gasteiger charge is 2.29. The molecule has 10 nitrogen and oxygen atoms in total. The molecule has 0 amide bonds. The number of imidazole rings is 1. The van der Waals surface area contributed by atoms with Crippen LogP contribution in [0.2, 0.25) is 0 Å². The minimum Gasteiger partial charge on any atom is -0.399 e. The third kappa shape index (κ3) is 1.07. The first-order valence-corrected chi connectivity index (χ1v) is 5.51. The molecule has 10 heteroatoms. The fraction of sp³-hybridized carbons (Fsp3) is 0.222. The predicted molar refractivity (Wildman–Crippen MR) is 59.1 cm³/mol. The molecule has 0 fully saturated rings. The molecule has 0 aliphatic heterocycles. The van der Waals surface area contributed by atoms with Gasteiger partial charge >= 0.3 is 11.0 Å². The van der Waals surface area contributed by atoms with E-state index in [4.69, 9.17) is 4.63 Å². The van der Waals surface area contributed by atoms with Gasteiger partial charge in [-0.05, 0) is 14.4 Å². The minimum absolute atomic E-state index is 0.0987. The first kappa shape index (κ1) is 10.1. The van der Waals surface area contributed by atoms with Crippen molar-refractivity contribution >= 4 is 33.1 Å². The van der Waals surface area contributed by atoms with Crippen LogP contribution in [0.1, 0.15) is 12.7 Å². The van der Waals surface area contributed by atoms with Crippen molar-refractivity contribution in [3.8, 4) is 0 Å². The first-order valence-electron chi connectivity index (χ1n) is 5.51. The number of rotatable bonds is 1. The van der Waals surface area contributed by atoms with Gasteiger partial charge in [-0.25, -0.2) is 9.97 Å². The molecular formula is C9H7N6O4+. The topological polar surface area (TPSA) is 129 Å². The van der Waals surface area contributed by atoms with E-state index < -0.39 is 0 Å². The summed E-state index contributed by atoms with van der Waals surface area (Å²) in [6.07, 6.45) is 0.611. The smallest absolute Gasteiger partial charge is 0.309 e. The zero-order valence-electron chi connectivity index (χ0n) is 9.62. The highest BCUT2D eigenvalue weighted by atomic mass is 16.8. The number of hydrogen-bond acceptors (Lipinski definition) is 7. The van der Waals surface area contributed by atoms with E-state index in [1.54, 1.807) is 0 Å². The maximum atomic E-state index is 11.6. The second kappa shape index (κ2) is 3.10. The standard InChI is InChI=1S/C9H7N6O4/c1-2-3-10-4-5(11-3)8-7(13-19-14(8)16)9-6(4)12-18-15(9)17/h13,16H,2H2,1H3/q+1. The zero-order valence-corrected chi connectivity index (χ0v) is 9.62. The van der Waals surface area contributed by atoms with Gasteiger partial charge in [0.05, 0.1) is 0 Å². The highest BCUT2D eigenvalue weighted by Crippen LogP contribution is 2.29. The molecule has 0 spiro atoms. The predicted octanol–water partition coefficient (Wildman–Crippen LogP) is 0.361. The van der Waals surface area contributed by atoms with Crippen molar-refractivity contribution in [3.63, 3.8) is 0 Å². The lowest BCUT2D eigenvalue weighted by molar-refractivity contribution is -0.691.